The van der Waals surface area contributed by atoms with Crippen LogP contribution in [0.1, 0.15) is 244 Å². The number of nitrogens with one attached hydrogen (secondary N) is 20. The van der Waals surface area contributed by atoms with Gasteiger partial charge in [0.2, 0.25) is 130 Å². The van der Waals surface area contributed by atoms with Crippen LogP contribution in [0.5, 0.6) is 0 Å². The molecule has 22 amide bonds. The molecule has 54 nitrogen and oxygen atoms in total. The topological polar surface area (TPSA) is 915 Å². The molecule has 0 aliphatic heterocycles. The fourth-order valence-corrected chi connectivity index (χ4v) is 15.2. The number of guanidine groups is 1. The van der Waals surface area contributed by atoms with Crippen LogP contribution in [-0.4, -0.2) is 322 Å². The number of thiol groups is 2. The number of nitrogens with zero attached hydrogens (tertiary/aromatic N) is 1. The molecule has 0 saturated heterocycles. The summed E-state index contributed by atoms with van der Waals surface area (Å²) in [6.07, 6.45) is 4.17. The van der Waals surface area contributed by atoms with Gasteiger partial charge in [-0.15, -0.1) is 0 Å². The Hall–Kier alpha value is -12.0. The van der Waals surface area contributed by atoms with Crippen molar-refractivity contribution in [2.24, 2.45) is 91.7 Å². The molecule has 0 spiro atoms. The van der Waals surface area contributed by atoms with Crippen LogP contribution in [-0.2, 0) is 105 Å². The standard InChI is InChI=1S/C94H176N32O22S2/c1-50(2)40-66(122-84(139)60(27-14-20-34-96)114-74(129)46-107-73(128)45-108-83(138)71(49-150)126-85(140)61(32-25-39-106-94(104)105)115-75(130)47-109-82(137)70(44-72(102)127)121-81(136)58(101)48-149)90(145)111-56(11)79(134)118-64(30-17-23-37-99)88(143)124-68(42-52(5)6)92(147)112-55(10)78(133)117-62(28-15-21-35-97)86(141)120-65(31-18-24-38-100)89(144)125-69(43-53(7)8)93(148)113-57(12)80(135)119-63(29-16-22-36-98)87(142)123-67(41-51(3)4)91(146)110-54(9)77(132)116-59(76(103)131)26-13-19-33-95/h50-71,149-150H,13-49,95-101H2,1-12H3,(H2,102,127)(H2,103,131)(H,107,128)(H,108,138)(H,109,137)(H,110,146)(H,111,145)(H,112,147)(H,113,148)(H,114,129)(H,115,130)(H,116,132)(H,117,133)(H,118,134)(H,119,135)(H,120,141)(H,121,136)(H,122,139)(H,123,142)(H,124,143)(H,125,144)(H,126,140)(H4,104,105,106)/t54-,55-,56-,57-,58+,59-,60-,61+,62-,63-,64-,65-,66-,67-,68-,69-,70+,71+/m1/s1. The molecule has 0 aromatic heterocycles. The molecule has 0 aliphatic rings. The maximum atomic E-state index is 14.6. The number of primary amides is 2. The van der Waals surface area contributed by atoms with Gasteiger partial charge in [0, 0.05) is 18.1 Å². The molecule has 18 atom stereocenters. The summed E-state index contributed by atoms with van der Waals surface area (Å²) in [4.78, 5) is 305. The molecule has 0 saturated carbocycles. The lowest BCUT2D eigenvalue weighted by Crippen LogP contribution is -2.60. The van der Waals surface area contributed by atoms with Gasteiger partial charge in [0.05, 0.1) is 32.1 Å². The second kappa shape index (κ2) is 77.4. The van der Waals surface area contributed by atoms with Crippen LogP contribution in [0.15, 0.2) is 4.99 Å². The van der Waals surface area contributed by atoms with Crippen molar-refractivity contribution in [1.29, 1.82) is 0 Å². The molecule has 0 unspecified atom stereocenters. The highest BCUT2D eigenvalue weighted by Crippen LogP contribution is 2.17. The Morgan fingerprint density at radius 1 is 0.233 bits per heavy atom. The predicted molar refractivity (Wildman–Crippen MR) is 568 cm³/mol. The van der Waals surface area contributed by atoms with Gasteiger partial charge in [-0.2, -0.15) is 25.3 Å². The molecule has 0 aromatic carbocycles. The third-order valence-electron chi connectivity index (χ3n) is 23.2. The van der Waals surface area contributed by atoms with E-state index in [1.807, 2.05) is 0 Å². The Morgan fingerprint density at radius 2 is 0.460 bits per heavy atom. The first-order valence-electron chi connectivity index (χ1n) is 51.5. The lowest BCUT2D eigenvalue weighted by atomic mass is 10.0. The summed E-state index contributed by atoms with van der Waals surface area (Å²) in [6.45, 7) is 18.6. The molecular weight excluding hydrogens is 1990 g/mol. The molecule has 0 heterocycles. The first kappa shape index (κ1) is 138. The quantitative estimate of drug-likeness (QED) is 0.0116. The van der Waals surface area contributed by atoms with Crippen molar-refractivity contribution in [3.8, 4) is 0 Å². The van der Waals surface area contributed by atoms with E-state index in [-0.39, 0.29) is 177 Å². The normalized spacial score (nSPS) is 14.8. The number of hydrogen-bond donors (Lipinski definition) is 33. The number of unbranched alkanes of at least 4 members (excludes halogenated alkanes) is 6. The summed E-state index contributed by atoms with van der Waals surface area (Å²) in [7, 11) is 0. The smallest absolute Gasteiger partial charge is 0.243 e. The third-order valence-corrected chi connectivity index (χ3v) is 23.9. The highest BCUT2D eigenvalue weighted by molar-refractivity contribution is 7.80. The molecule has 856 valence electrons. The van der Waals surface area contributed by atoms with Gasteiger partial charge >= 0.3 is 0 Å². The van der Waals surface area contributed by atoms with Crippen LogP contribution in [0.25, 0.3) is 0 Å². The minimum Gasteiger partial charge on any atom is -0.370 e. The van der Waals surface area contributed by atoms with E-state index in [2.05, 4.69) is 137 Å². The van der Waals surface area contributed by atoms with E-state index in [0.29, 0.717) is 64.3 Å². The SMILES string of the molecule is CC(C)C[C@@H](NC(=O)[C@@H](CCCCN)NC(=O)CNC(=O)CNC(=O)[C@H](CS)NC(=O)[C@H](CCCN=C(N)N)NC(=O)CNC(=O)[C@H](CC(N)=O)NC(=O)[C@@H](N)CS)C(=O)N[C@H](C)C(=O)N[C@H](CCCCN)C(=O)N[C@H](CC(C)C)C(=O)N[C@H](C)C(=O)N[C@H](CCCCN)C(=O)N[C@H](CCCCN)C(=O)N[C@H](CC(C)C)C(=O)N[C@H](C)C(=O)N[C@H](CCCCN)C(=O)N[C@H](CC(C)C)C(=O)N[C@H](C)C(=O)N[C@H](CCCCN)C(N)=O. The highest BCUT2D eigenvalue weighted by Gasteiger charge is 2.39. The molecular formula is C94H176N32O22S2. The minimum absolute atomic E-state index is 0.00655. The van der Waals surface area contributed by atoms with Gasteiger partial charge in [0.15, 0.2) is 5.96 Å². The molecule has 0 rings (SSSR count). The summed E-state index contributed by atoms with van der Waals surface area (Å²) in [6, 6.07) is -23.9. The summed E-state index contributed by atoms with van der Waals surface area (Å²) >= 11 is 8.11. The Balaban J connectivity index is 6.71. The van der Waals surface area contributed by atoms with E-state index in [1.54, 1.807) is 55.4 Å². The largest absolute Gasteiger partial charge is 0.370 e. The van der Waals surface area contributed by atoms with Crippen LogP contribution in [0.4, 0.5) is 0 Å². The molecule has 42 N–H and O–H groups in total. The summed E-state index contributed by atoms with van der Waals surface area (Å²) in [5.74, 6) is -20.6. The molecule has 56 heteroatoms. The second-order valence-electron chi connectivity index (χ2n) is 38.8. The lowest BCUT2D eigenvalue weighted by Gasteiger charge is -2.28. The number of nitrogens with two attached hydrogens (primary N) is 11. The highest BCUT2D eigenvalue weighted by atomic mass is 32.1. The van der Waals surface area contributed by atoms with Crippen LogP contribution >= 0.6 is 25.3 Å². The number of amides is 22. The van der Waals surface area contributed by atoms with Crippen molar-refractivity contribution in [3.05, 3.63) is 0 Å². The first-order valence-corrected chi connectivity index (χ1v) is 52.7. The Morgan fingerprint density at radius 3 is 0.720 bits per heavy atom. The van der Waals surface area contributed by atoms with Gasteiger partial charge in [0.1, 0.15) is 103 Å². The average Bonchev–Trinajstić information content (AvgIpc) is 0.851. The minimum atomic E-state index is -1.54. The van der Waals surface area contributed by atoms with E-state index < -0.39 is 265 Å². The van der Waals surface area contributed by atoms with E-state index in [4.69, 9.17) is 63.1 Å². The van der Waals surface area contributed by atoms with Gasteiger partial charge in [-0.25, -0.2) is 0 Å². The van der Waals surface area contributed by atoms with E-state index >= 15 is 0 Å². The molecule has 150 heavy (non-hydrogen) atoms. The van der Waals surface area contributed by atoms with Gasteiger partial charge in [-0.3, -0.25) is 110 Å². The monoisotopic (exact) mass is 2170 g/mol. The third kappa shape index (κ3) is 59.6. The fourth-order valence-electron chi connectivity index (χ4n) is 14.8. The molecule has 0 radical (unpaired) electrons. The maximum absolute atomic E-state index is 14.6. The van der Waals surface area contributed by atoms with E-state index in [1.165, 1.54) is 27.7 Å². The number of carbonyl (C=O) groups is 22. The second-order valence-corrected chi connectivity index (χ2v) is 39.5. The molecule has 0 bridgehead atoms. The lowest BCUT2D eigenvalue weighted by molar-refractivity contribution is -0.136. The van der Waals surface area contributed by atoms with Crippen molar-refractivity contribution in [2.45, 2.75) is 352 Å². The van der Waals surface area contributed by atoms with Crippen molar-refractivity contribution < 1.29 is 105 Å². The Kier molecular flexibility index (Phi) is 71.2. The molecule has 0 fully saturated rings. The number of aliphatic imine (C=N–C) groups is 1. The molecule has 0 aliphatic carbocycles. The van der Waals surface area contributed by atoms with Gasteiger partial charge in [-0.1, -0.05) is 55.4 Å². The van der Waals surface area contributed by atoms with Gasteiger partial charge < -0.3 is 169 Å². The number of hydrogen-bond acceptors (Lipinski definition) is 32. The van der Waals surface area contributed by atoms with E-state index in [9.17, 15) is 105 Å². The average molecular weight is 2170 g/mol. The number of carbonyl (C=O) groups excluding carboxylic acids is 22. The van der Waals surface area contributed by atoms with E-state index in [0.717, 1.165) is 0 Å². The van der Waals surface area contributed by atoms with Crippen molar-refractivity contribution in [3.63, 3.8) is 0 Å². The zero-order valence-corrected chi connectivity index (χ0v) is 90.8. The summed E-state index contributed by atoms with van der Waals surface area (Å²) in [5, 5.41) is 51.0. The molecule has 0 aromatic rings. The Bertz CT molecular complexity index is 4330. The Labute approximate surface area is 889 Å². The zero-order chi connectivity index (χ0) is 114. The van der Waals surface area contributed by atoms with Crippen LogP contribution in [0.3, 0.4) is 0 Å². The fraction of sp³-hybridized carbons (Fsp3) is 0.755. The van der Waals surface area contributed by atoms with Crippen LogP contribution in [0.2, 0.25) is 0 Å². The van der Waals surface area contributed by atoms with Crippen molar-refractivity contribution >= 4 is 161 Å². The van der Waals surface area contributed by atoms with Crippen molar-refractivity contribution in [2.75, 3.05) is 77.0 Å². The van der Waals surface area contributed by atoms with Crippen molar-refractivity contribution in [1.82, 2.24) is 106 Å². The van der Waals surface area contributed by atoms with Crippen LogP contribution < -0.4 is 169 Å². The first-order chi connectivity index (χ1) is 70.7. The van der Waals surface area contributed by atoms with Gasteiger partial charge in [-0.05, 0) is 245 Å². The summed E-state index contributed by atoms with van der Waals surface area (Å²) < 4.78 is 0. The predicted octanol–water partition coefficient (Wildman–Crippen LogP) is -9.78. The van der Waals surface area contributed by atoms with Crippen LogP contribution in [0, 0.1) is 23.7 Å². The zero-order valence-electron chi connectivity index (χ0n) is 89.0. The maximum Gasteiger partial charge on any atom is 0.243 e. The summed E-state index contributed by atoms with van der Waals surface area (Å²) in [5.41, 5.74) is 62.1. The number of rotatable bonds is 81. The van der Waals surface area contributed by atoms with Gasteiger partial charge in [0.25, 0.3) is 0 Å².